The number of aromatic nitrogens is 2. The number of hydrogen-bond acceptors (Lipinski definition) is 5. The van der Waals surface area contributed by atoms with Gasteiger partial charge in [-0.2, -0.15) is 0 Å². The summed E-state index contributed by atoms with van der Waals surface area (Å²) in [6.45, 7) is -0.524. The molecule has 0 aliphatic rings. The lowest BCUT2D eigenvalue weighted by Crippen LogP contribution is -2.18. The number of para-hydroxylation sites is 1. The molecule has 7 heteroatoms. The standard InChI is InChI=1S/C18H13F2N3O2/c19-11-5-3-6-12(20)15(11)13(8-24)23-18-17-16(21-9-22-18)10-4-1-2-7-14(10)25-17/h1-7,9,13,24H,8H2,(H,21,22,23). The molecule has 2 heterocycles. The zero-order valence-electron chi connectivity index (χ0n) is 12.9. The van der Waals surface area contributed by atoms with Gasteiger partial charge in [0.05, 0.1) is 12.6 Å². The van der Waals surface area contributed by atoms with Crippen molar-refractivity contribution in [2.24, 2.45) is 0 Å². The molecule has 1 atom stereocenters. The Morgan fingerprint density at radius 2 is 1.80 bits per heavy atom. The van der Waals surface area contributed by atoms with Crippen LogP contribution in [0, 0.1) is 11.6 Å². The second kappa shape index (κ2) is 6.10. The first-order valence-corrected chi connectivity index (χ1v) is 7.62. The van der Waals surface area contributed by atoms with Crippen molar-refractivity contribution >= 4 is 27.9 Å². The molecular formula is C18H13F2N3O2. The third kappa shape index (κ3) is 2.58. The first kappa shape index (κ1) is 15.5. The molecule has 0 aliphatic carbocycles. The molecule has 126 valence electrons. The minimum atomic E-state index is -1.02. The van der Waals surface area contributed by atoms with E-state index >= 15 is 0 Å². The van der Waals surface area contributed by atoms with Gasteiger partial charge >= 0.3 is 0 Å². The van der Waals surface area contributed by atoms with Crippen molar-refractivity contribution in [1.29, 1.82) is 0 Å². The summed E-state index contributed by atoms with van der Waals surface area (Å²) in [5, 5.41) is 13.3. The number of hydrogen-bond donors (Lipinski definition) is 2. The summed E-state index contributed by atoms with van der Waals surface area (Å²) in [6.07, 6.45) is 1.33. The largest absolute Gasteiger partial charge is 0.450 e. The van der Waals surface area contributed by atoms with Crippen molar-refractivity contribution in [2.75, 3.05) is 11.9 Å². The normalized spacial score (nSPS) is 12.6. The molecule has 0 saturated heterocycles. The predicted octanol–water partition coefficient (Wildman–Crippen LogP) is 3.80. The highest BCUT2D eigenvalue weighted by molar-refractivity contribution is 6.05. The van der Waals surface area contributed by atoms with Crippen LogP contribution in [0.5, 0.6) is 0 Å². The summed E-state index contributed by atoms with van der Waals surface area (Å²) in [6, 6.07) is 9.86. The van der Waals surface area contributed by atoms with Crippen LogP contribution in [0.4, 0.5) is 14.6 Å². The maximum Gasteiger partial charge on any atom is 0.196 e. The number of aliphatic hydroxyl groups is 1. The highest BCUT2D eigenvalue weighted by Crippen LogP contribution is 2.32. The molecule has 0 radical (unpaired) electrons. The molecule has 0 fully saturated rings. The first-order valence-electron chi connectivity index (χ1n) is 7.62. The fourth-order valence-electron chi connectivity index (χ4n) is 2.84. The SMILES string of the molecule is OCC(Nc1ncnc2c1oc1ccccc12)c1c(F)cccc1F. The van der Waals surface area contributed by atoms with Gasteiger partial charge in [0, 0.05) is 10.9 Å². The van der Waals surface area contributed by atoms with E-state index in [1.807, 2.05) is 18.2 Å². The fourth-order valence-corrected chi connectivity index (χ4v) is 2.84. The second-order valence-corrected chi connectivity index (χ2v) is 5.51. The van der Waals surface area contributed by atoms with E-state index in [2.05, 4.69) is 15.3 Å². The average Bonchev–Trinajstić information content (AvgIpc) is 3.00. The molecule has 2 aromatic carbocycles. The Hall–Kier alpha value is -3.06. The number of anilines is 1. The molecule has 4 aromatic rings. The topological polar surface area (TPSA) is 71.2 Å². The van der Waals surface area contributed by atoms with Crippen molar-refractivity contribution in [3.63, 3.8) is 0 Å². The van der Waals surface area contributed by atoms with Crippen LogP contribution >= 0.6 is 0 Å². The monoisotopic (exact) mass is 341 g/mol. The Morgan fingerprint density at radius 3 is 2.56 bits per heavy atom. The molecule has 0 amide bonds. The van der Waals surface area contributed by atoms with Crippen LogP contribution in [0.25, 0.3) is 22.1 Å². The number of furan rings is 1. The van der Waals surface area contributed by atoms with Gasteiger partial charge in [-0.05, 0) is 24.3 Å². The molecule has 0 saturated carbocycles. The van der Waals surface area contributed by atoms with Gasteiger partial charge in [0.1, 0.15) is 29.1 Å². The molecule has 0 aliphatic heterocycles. The number of nitrogens with one attached hydrogen (secondary N) is 1. The van der Waals surface area contributed by atoms with Crippen LogP contribution in [0.15, 0.2) is 53.2 Å². The highest BCUT2D eigenvalue weighted by Gasteiger charge is 2.22. The lowest BCUT2D eigenvalue weighted by Gasteiger charge is -2.18. The number of aliphatic hydroxyl groups excluding tert-OH is 1. The third-order valence-electron chi connectivity index (χ3n) is 4.00. The number of nitrogens with zero attached hydrogens (tertiary/aromatic N) is 2. The van der Waals surface area contributed by atoms with Crippen LogP contribution in [-0.2, 0) is 0 Å². The molecule has 0 bridgehead atoms. The van der Waals surface area contributed by atoms with E-state index < -0.39 is 24.3 Å². The van der Waals surface area contributed by atoms with Crippen LogP contribution in [0.1, 0.15) is 11.6 Å². The Morgan fingerprint density at radius 1 is 1.04 bits per heavy atom. The van der Waals surface area contributed by atoms with Crippen molar-refractivity contribution in [3.8, 4) is 0 Å². The minimum Gasteiger partial charge on any atom is -0.450 e. The fraction of sp³-hybridized carbons (Fsp3) is 0.111. The molecule has 5 nitrogen and oxygen atoms in total. The van der Waals surface area contributed by atoms with Gasteiger partial charge < -0.3 is 14.8 Å². The maximum atomic E-state index is 14.0. The van der Waals surface area contributed by atoms with Gasteiger partial charge in [-0.1, -0.05) is 18.2 Å². The Labute approximate surface area is 140 Å². The predicted molar refractivity (Wildman–Crippen MR) is 89.1 cm³/mol. The van der Waals surface area contributed by atoms with Crippen LogP contribution in [0.2, 0.25) is 0 Å². The van der Waals surface area contributed by atoms with E-state index in [4.69, 9.17) is 4.42 Å². The summed E-state index contributed by atoms with van der Waals surface area (Å²) < 4.78 is 33.8. The molecule has 1 unspecified atom stereocenters. The quantitative estimate of drug-likeness (QED) is 0.591. The summed E-state index contributed by atoms with van der Waals surface area (Å²) in [7, 11) is 0. The highest BCUT2D eigenvalue weighted by atomic mass is 19.1. The number of fused-ring (bicyclic) bond motifs is 3. The summed E-state index contributed by atoms with van der Waals surface area (Å²) in [5.41, 5.74) is 1.31. The van der Waals surface area contributed by atoms with Crippen molar-refractivity contribution < 1.29 is 18.3 Å². The lowest BCUT2D eigenvalue weighted by atomic mass is 10.1. The van der Waals surface area contributed by atoms with Gasteiger partial charge in [-0.3, -0.25) is 0 Å². The Bertz CT molecular complexity index is 1040. The first-order chi connectivity index (χ1) is 12.2. The van der Waals surface area contributed by atoms with Gasteiger partial charge in [0.15, 0.2) is 11.4 Å². The van der Waals surface area contributed by atoms with E-state index in [1.54, 1.807) is 6.07 Å². The van der Waals surface area contributed by atoms with Crippen LogP contribution in [0.3, 0.4) is 0 Å². The summed E-state index contributed by atoms with van der Waals surface area (Å²) in [4.78, 5) is 8.32. The number of rotatable bonds is 4. The van der Waals surface area contributed by atoms with Gasteiger partial charge in [-0.25, -0.2) is 18.7 Å². The van der Waals surface area contributed by atoms with Crippen LogP contribution in [-0.4, -0.2) is 21.7 Å². The zero-order valence-corrected chi connectivity index (χ0v) is 12.9. The van der Waals surface area contributed by atoms with Crippen LogP contribution < -0.4 is 5.32 Å². The molecule has 2 N–H and O–H groups in total. The van der Waals surface area contributed by atoms with Gasteiger partial charge in [0.2, 0.25) is 0 Å². The van der Waals surface area contributed by atoms with E-state index in [0.717, 1.165) is 17.5 Å². The molecule has 4 rings (SSSR count). The summed E-state index contributed by atoms with van der Waals surface area (Å²) in [5.74, 6) is -1.24. The van der Waals surface area contributed by atoms with E-state index in [9.17, 15) is 13.9 Å². The van der Waals surface area contributed by atoms with E-state index in [-0.39, 0.29) is 11.4 Å². The molecular weight excluding hydrogens is 328 g/mol. The molecule has 2 aromatic heterocycles. The van der Waals surface area contributed by atoms with Gasteiger partial charge in [-0.15, -0.1) is 0 Å². The van der Waals surface area contributed by atoms with Gasteiger partial charge in [0.25, 0.3) is 0 Å². The third-order valence-corrected chi connectivity index (χ3v) is 4.00. The maximum absolute atomic E-state index is 14.0. The zero-order chi connectivity index (χ0) is 17.4. The average molecular weight is 341 g/mol. The van der Waals surface area contributed by atoms with E-state index in [1.165, 1.54) is 12.4 Å². The minimum absolute atomic E-state index is 0.253. The Kier molecular flexibility index (Phi) is 3.77. The number of halogens is 2. The molecule has 25 heavy (non-hydrogen) atoms. The Balaban J connectivity index is 1.82. The lowest BCUT2D eigenvalue weighted by molar-refractivity contribution is 0.270. The smallest absolute Gasteiger partial charge is 0.196 e. The number of benzene rings is 2. The second-order valence-electron chi connectivity index (χ2n) is 5.51. The molecule has 0 spiro atoms. The van der Waals surface area contributed by atoms with E-state index in [0.29, 0.717) is 16.7 Å². The van der Waals surface area contributed by atoms with Crippen molar-refractivity contribution in [2.45, 2.75) is 6.04 Å². The van der Waals surface area contributed by atoms with Crippen molar-refractivity contribution in [1.82, 2.24) is 9.97 Å². The summed E-state index contributed by atoms with van der Waals surface area (Å²) >= 11 is 0. The van der Waals surface area contributed by atoms with Crippen molar-refractivity contribution in [3.05, 3.63) is 66.0 Å².